The van der Waals surface area contributed by atoms with Gasteiger partial charge >= 0.3 is 6.03 Å². The van der Waals surface area contributed by atoms with Crippen LogP contribution in [0, 0.1) is 0 Å². The van der Waals surface area contributed by atoms with Crippen LogP contribution < -0.4 is 16.4 Å². The second kappa shape index (κ2) is 2.70. The van der Waals surface area contributed by atoms with Crippen LogP contribution in [-0.2, 0) is 4.79 Å². The minimum atomic E-state index is -0.700. The van der Waals surface area contributed by atoms with Crippen LogP contribution in [0.3, 0.4) is 0 Å². The molecule has 0 aromatic rings. The molecule has 1 saturated heterocycles. The zero-order chi connectivity index (χ0) is 9.47. The third-order valence-electron chi connectivity index (χ3n) is 2.80. The van der Waals surface area contributed by atoms with E-state index in [-0.39, 0.29) is 18.0 Å². The number of hydrogen-bond acceptors (Lipinski definition) is 3. The van der Waals surface area contributed by atoms with E-state index in [2.05, 4.69) is 10.6 Å². The number of carbonyl (C=O) groups is 2. The highest BCUT2D eigenvalue weighted by Crippen LogP contribution is 2.29. The molecule has 0 radical (unpaired) electrons. The van der Waals surface area contributed by atoms with Gasteiger partial charge in [0.05, 0.1) is 0 Å². The van der Waals surface area contributed by atoms with Crippen molar-refractivity contribution >= 4 is 11.9 Å². The van der Waals surface area contributed by atoms with Gasteiger partial charge in [-0.2, -0.15) is 0 Å². The van der Waals surface area contributed by atoms with Crippen LogP contribution in [0.4, 0.5) is 4.79 Å². The van der Waals surface area contributed by atoms with E-state index < -0.39 is 5.54 Å². The van der Waals surface area contributed by atoms with Crippen molar-refractivity contribution < 1.29 is 9.59 Å². The van der Waals surface area contributed by atoms with Crippen molar-refractivity contribution in [1.82, 2.24) is 10.6 Å². The number of amides is 3. The molecule has 1 saturated carbocycles. The van der Waals surface area contributed by atoms with Gasteiger partial charge in [0.2, 0.25) is 0 Å². The van der Waals surface area contributed by atoms with Gasteiger partial charge in [0.25, 0.3) is 5.91 Å². The highest BCUT2D eigenvalue weighted by molar-refractivity contribution is 6.07. The molecule has 2 atom stereocenters. The van der Waals surface area contributed by atoms with Gasteiger partial charge in [0.15, 0.2) is 0 Å². The minimum absolute atomic E-state index is 0.0258. The summed E-state index contributed by atoms with van der Waals surface area (Å²) < 4.78 is 0. The fourth-order valence-corrected chi connectivity index (χ4v) is 2.17. The summed E-state index contributed by atoms with van der Waals surface area (Å²) in [4.78, 5) is 22.4. The van der Waals surface area contributed by atoms with E-state index in [1.807, 2.05) is 0 Å². The molecule has 3 amide bonds. The Morgan fingerprint density at radius 3 is 2.77 bits per heavy atom. The summed E-state index contributed by atoms with van der Waals surface area (Å²) >= 11 is 0. The number of carbonyl (C=O) groups excluding carboxylic acids is 2. The maximum Gasteiger partial charge on any atom is 0.322 e. The monoisotopic (exact) mass is 183 g/mol. The molecule has 13 heavy (non-hydrogen) atoms. The van der Waals surface area contributed by atoms with E-state index in [4.69, 9.17) is 5.73 Å². The Morgan fingerprint density at radius 2 is 2.23 bits per heavy atom. The molecule has 72 valence electrons. The summed E-state index contributed by atoms with van der Waals surface area (Å²) in [6.45, 7) is 0. The van der Waals surface area contributed by atoms with Crippen LogP contribution in [0.15, 0.2) is 0 Å². The van der Waals surface area contributed by atoms with Crippen LogP contribution >= 0.6 is 0 Å². The zero-order valence-electron chi connectivity index (χ0n) is 7.30. The molecule has 0 aromatic carbocycles. The number of imide groups is 1. The van der Waals surface area contributed by atoms with Crippen molar-refractivity contribution in [2.75, 3.05) is 0 Å². The first-order valence-electron chi connectivity index (χ1n) is 4.52. The molecule has 5 heteroatoms. The highest BCUT2D eigenvalue weighted by Gasteiger charge is 2.48. The number of nitrogens with one attached hydrogen (secondary N) is 2. The summed E-state index contributed by atoms with van der Waals surface area (Å²) in [5, 5.41) is 4.92. The molecule has 2 fully saturated rings. The maximum atomic E-state index is 11.5. The van der Waals surface area contributed by atoms with E-state index in [9.17, 15) is 9.59 Å². The van der Waals surface area contributed by atoms with Crippen molar-refractivity contribution in [3.8, 4) is 0 Å². The van der Waals surface area contributed by atoms with E-state index in [1.54, 1.807) is 0 Å². The Balaban J connectivity index is 2.19. The average molecular weight is 183 g/mol. The molecule has 4 N–H and O–H groups in total. The molecular formula is C8H13N3O2. The van der Waals surface area contributed by atoms with Crippen LogP contribution in [0.2, 0.25) is 0 Å². The number of rotatable bonds is 0. The van der Waals surface area contributed by atoms with Gasteiger partial charge in [0, 0.05) is 6.04 Å². The van der Waals surface area contributed by atoms with Crippen molar-refractivity contribution in [1.29, 1.82) is 0 Å². The second-order valence-electron chi connectivity index (χ2n) is 3.85. The number of urea groups is 1. The largest absolute Gasteiger partial charge is 0.328 e. The Hall–Kier alpha value is -1.10. The van der Waals surface area contributed by atoms with Gasteiger partial charge in [-0.3, -0.25) is 10.1 Å². The lowest BCUT2D eigenvalue weighted by molar-refractivity contribution is -0.125. The van der Waals surface area contributed by atoms with Crippen molar-refractivity contribution in [2.45, 2.75) is 37.3 Å². The van der Waals surface area contributed by atoms with Gasteiger partial charge in [-0.1, -0.05) is 0 Å². The quantitative estimate of drug-likeness (QED) is 0.441. The van der Waals surface area contributed by atoms with Crippen LogP contribution in [-0.4, -0.2) is 23.5 Å². The molecule has 2 aliphatic rings. The summed E-state index contributed by atoms with van der Waals surface area (Å²) in [6.07, 6.45) is 3.10. The summed E-state index contributed by atoms with van der Waals surface area (Å²) in [5.74, 6) is -0.215. The Kier molecular flexibility index (Phi) is 1.76. The molecule has 0 bridgehead atoms. The van der Waals surface area contributed by atoms with Gasteiger partial charge in [-0.15, -0.1) is 0 Å². The second-order valence-corrected chi connectivity index (χ2v) is 3.85. The van der Waals surface area contributed by atoms with E-state index in [0.29, 0.717) is 12.8 Å². The van der Waals surface area contributed by atoms with Crippen LogP contribution in [0.5, 0.6) is 0 Å². The van der Waals surface area contributed by atoms with Gasteiger partial charge in [-0.05, 0) is 25.7 Å². The first-order valence-corrected chi connectivity index (χ1v) is 4.52. The lowest BCUT2D eigenvalue weighted by Crippen LogP contribution is -2.53. The third kappa shape index (κ3) is 1.29. The van der Waals surface area contributed by atoms with E-state index >= 15 is 0 Å². The summed E-state index contributed by atoms with van der Waals surface area (Å²) in [6, 6.07) is -0.364. The summed E-state index contributed by atoms with van der Waals surface area (Å²) in [5.41, 5.74) is 5.07. The fraction of sp³-hybridized carbons (Fsp3) is 0.750. The van der Waals surface area contributed by atoms with Gasteiger partial charge in [-0.25, -0.2) is 4.79 Å². The van der Waals surface area contributed by atoms with Gasteiger partial charge < -0.3 is 11.1 Å². The SMILES string of the molecule is N[C@@H]1CCC[C@@]2(C1)NC(=O)NC2=O. The maximum absolute atomic E-state index is 11.5. The summed E-state index contributed by atoms with van der Waals surface area (Å²) in [7, 11) is 0. The topological polar surface area (TPSA) is 84.2 Å². The molecule has 1 aliphatic heterocycles. The highest BCUT2D eigenvalue weighted by atomic mass is 16.2. The van der Waals surface area contributed by atoms with Crippen molar-refractivity contribution in [3.63, 3.8) is 0 Å². The molecule has 1 spiro atoms. The van der Waals surface area contributed by atoms with Crippen LogP contribution in [0.1, 0.15) is 25.7 Å². The zero-order valence-corrected chi connectivity index (χ0v) is 7.30. The predicted molar refractivity (Wildman–Crippen MR) is 45.8 cm³/mol. The Labute approximate surface area is 76.0 Å². The fourth-order valence-electron chi connectivity index (χ4n) is 2.17. The van der Waals surface area contributed by atoms with E-state index in [0.717, 1.165) is 12.8 Å². The molecule has 5 nitrogen and oxygen atoms in total. The minimum Gasteiger partial charge on any atom is -0.328 e. The molecule has 1 heterocycles. The van der Waals surface area contributed by atoms with E-state index in [1.165, 1.54) is 0 Å². The number of nitrogens with two attached hydrogens (primary N) is 1. The standard InChI is InChI=1S/C8H13N3O2/c9-5-2-1-3-8(4-5)6(12)10-7(13)11-8/h5H,1-4,9H2,(H2,10,11,12,13)/t5-,8+/m1/s1. The first-order chi connectivity index (χ1) is 6.12. The first kappa shape index (κ1) is 8.50. The molecule has 0 unspecified atom stereocenters. The van der Waals surface area contributed by atoms with Crippen molar-refractivity contribution in [2.24, 2.45) is 5.73 Å². The molecular weight excluding hydrogens is 170 g/mol. The van der Waals surface area contributed by atoms with Crippen molar-refractivity contribution in [3.05, 3.63) is 0 Å². The normalized spacial score (nSPS) is 39.0. The smallest absolute Gasteiger partial charge is 0.322 e. The van der Waals surface area contributed by atoms with Gasteiger partial charge in [0.1, 0.15) is 5.54 Å². The van der Waals surface area contributed by atoms with Crippen LogP contribution in [0.25, 0.3) is 0 Å². The lowest BCUT2D eigenvalue weighted by Gasteiger charge is -2.33. The number of hydrogen-bond donors (Lipinski definition) is 3. The third-order valence-corrected chi connectivity index (χ3v) is 2.80. The molecule has 0 aromatic heterocycles. The average Bonchev–Trinajstić information content (AvgIpc) is 2.26. The predicted octanol–water partition coefficient (Wildman–Crippen LogP) is -0.534. The Morgan fingerprint density at radius 1 is 1.46 bits per heavy atom. The molecule has 2 rings (SSSR count). The Bertz CT molecular complexity index is 266. The molecule has 1 aliphatic carbocycles. The lowest BCUT2D eigenvalue weighted by atomic mass is 9.79.